The standard InChI is InChI=1S/C29H46O4Si/c1-8-27-16-28(30,19-34(5,6)7)25-22-12-10-21(31-4)15-20(22)9-11-23(25)24(27)13-14-29(27)32-17-26(2,3)18-33-29/h10,12,15,23-25,30H,8-9,11,13-14,16-19H2,1-7H3/t23?,24?,25?,27-,28+/m0/s1. The van der Waals surface area contributed by atoms with Gasteiger partial charge in [0.05, 0.1) is 25.9 Å². The van der Waals surface area contributed by atoms with E-state index in [0.717, 1.165) is 63.5 Å². The molecule has 34 heavy (non-hydrogen) atoms. The number of rotatable bonds is 4. The quantitative estimate of drug-likeness (QED) is 0.501. The topological polar surface area (TPSA) is 47.9 Å². The number of benzene rings is 1. The fraction of sp³-hybridized carbons (Fsp3) is 0.793. The predicted molar refractivity (Wildman–Crippen MR) is 139 cm³/mol. The van der Waals surface area contributed by atoms with Crippen LogP contribution in [-0.4, -0.2) is 44.9 Å². The van der Waals surface area contributed by atoms with Crippen molar-refractivity contribution in [3.05, 3.63) is 29.3 Å². The van der Waals surface area contributed by atoms with E-state index < -0.39 is 19.5 Å². The summed E-state index contributed by atoms with van der Waals surface area (Å²) in [4.78, 5) is 0. The van der Waals surface area contributed by atoms with Crippen molar-refractivity contribution < 1.29 is 19.3 Å². The summed E-state index contributed by atoms with van der Waals surface area (Å²) in [6.45, 7) is 15.5. The molecule has 5 rings (SSSR count). The minimum atomic E-state index is -1.56. The van der Waals surface area contributed by atoms with Crippen molar-refractivity contribution in [2.24, 2.45) is 22.7 Å². The van der Waals surface area contributed by atoms with Crippen molar-refractivity contribution in [3.63, 3.8) is 0 Å². The Morgan fingerprint density at radius 1 is 1.12 bits per heavy atom. The molecule has 1 aromatic rings. The first kappa shape index (κ1) is 24.8. The van der Waals surface area contributed by atoms with Gasteiger partial charge >= 0.3 is 0 Å². The van der Waals surface area contributed by atoms with Crippen LogP contribution in [-0.2, 0) is 15.9 Å². The van der Waals surface area contributed by atoms with Crippen molar-refractivity contribution in [1.29, 1.82) is 0 Å². The Labute approximate surface area is 207 Å². The van der Waals surface area contributed by atoms with Crippen LogP contribution in [0.3, 0.4) is 0 Å². The Hall–Kier alpha value is -0.883. The van der Waals surface area contributed by atoms with Gasteiger partial charge in [0.2, 0.25) is 0 Å². The van der Waals surface area contributed by atoms with Crippen molar-refractivity contribution in [3.8, 4) is 5.75 Å². The first-order valence-corrected chi connectivity index (χ1v) is 17.3. The summed E-state index contributed by atoms with van der Waals surface area (Å²) in [5.74, 6) is 1.57. The third kappa shape index (κ3) is 3.72. The van der Waals surface area contributed by atoms with Crippen LogP contribution in [0.1, 0.15) is 69.9 Å². The molecule has 0 bridgehead atoms. The Kier molecular flexibility index (Phi) is 5.88. The largest absolute Gasteiger partial charge is 0.497 e. The molecule has 0 aromatic heterocycles. The number of hydrogen-bond donors (Lipinski definition) is 1. The molecule has 1 aromatic carbocycles. The molecule has 1 N–H and O–H groups in total. The van der Waals surface area contributed by atoms with E-state index in [0.29, 0.717) is 11.8 Å². The van der Waals surface area contributed by atoms with E-state index in [2.05, 4.69) is 58.6 Å². The molecule has 3 aliphatic carbocycles. The average molecular weight is 487 g/mol. The monoisotopic (exact) mass is 486 g/mol. The summed E-state index contributed by atoms with van der Waals surface area (Å²) in [6, 6.07) is 7.50. The molecular formula is C29H46O4Si. The van der Waals surface area contributed by atoms with Gasteiger partial charge in [-0.15, -0.1) is 0 Å². The minimum absolute atomic E-state index is 0.0485. The predicted octanol–water partition coefficient (Wildman–Crippen LogP) is 6.39. The van der Waals surface area contributed by atoms with E-state index in [1.165, 1.54) is 11.1 Å². The lowest BCUT2D eigenvalue weighted by Gasteiger charge is -2.62. The molecule has 0 radical (unpaired) electrons. The van der Waals surface area contributed by atoms with E-state index in [-0.39, 0.29) is 16.7 Å². The summed E-state index contributed by atoms with van der Waals surface area (Å²) in [5.41, 5.74) is 1.94. The van der Waals surface area contributed by atoms with Gasteiger partial charge in [0.25, 0.3) is 0 Å². The maximum absolute atomic E-state index is 12.8. The molecule has 5 heteroatoms. The third-order valence-corrected chi connectivity index (χ3v) is 11.4. The van der Waals surface area contributed by atoms with Gasteiger partial charge in [0, 0.05) is 31.2 Å². The minimum Gasteiger partial charge on any atom is -0.497 e. The van der Waals surface area contributed by atoms with Crippen molar-refractivity contribution in [2.45, 2.75) is 102 Å². The van der Waals surface area contributed by atoms with Crippen molar-refractivity contribution >= 4 is 8.07 Å². The normalized spacial score (nSPS) is 38.2. The zero-order chi connectivity index (χ0) is 24.6. The lowest BCUT2D eigenvalue weighted by Crippen LogP contribution is -2.65. The highest BCUT2D eigenvalue weighted by molar-refractivity contribution is 6.76. The fourth-order valence-electron chi connectivity index (χ4n) is 8.66. The third-order valence-electron chi connectivity index (χ3n) is 9.69. The number of aliphatic hydroxyl groups is 1. The van der Waals surface area contributed by atoms with Crippen molar-refractivity contribution in [1.82, 2.24) is 0 Å². The van der Waals surface area contributed by atoms with Gasteiger partial charge in [0.1, 0.15) is 5.75 Å². The summed E-state index contributed by atoms with van der Waals surface area (Å²) in [7, 11) is 0.182. The number of fused-ring (bicyclic) bond motifs is 6. The molecule has 190 valence electrons. The SMILES string of the molecule is CC[C@]12C[C@@](O)(C[Si](C)(C)C)C3c4ccc(OC)cc4CCC3C1CCC21OCC(C)(C)CO1. The van der Waals surface area contributed by atoms with Gasteiger partial charge in [-0.1, -0.05) is 46.5 Å². The average Bonchev–Trinajstić information content (AvgIpc) is 3.07. The van der Waals surface area contributed by atoms with Crippen LogP contribution >= 0.6 is 0 Å². The second kappa shape index (κ2) is 8.06. The summed E-state index contributed by atoms with van der Waals surface area (Å²) in [5, 5.41) is 12.8. The highest BCUT2D eigenvalue weighted by Crippen LogP contribution is 2.71. The highest BCUT2D eigenvalue weighted by Gasteiger charge is 2.71. The maximum Gasteiger partial charge on any atom is 0.174 e. The number of aryl methyl sites for hydroxylation is 1. The molecule has 1 aliphatic heterocycles. The van der Waals surface area contributed by atoms with Gasteiger partial charge in [-0.3, -0.25) is 0 Å². The number of methoxy groups -OCH3 is 1. The second-order valence-electron chi connectivity index (χ2n) is 13.9. The Bertz CT molecular complexity index is 927. The second-order valence-corrected chi connectivity index (χ2v) is 19.4. The molecule has 1 heterocycles. The van der Waals surface area contributed by atoms with Gasteiger partial charge < -0.3 is 19.3 Å². The van der Waals surface area contributed by atoms with Crippen LogP contribution in [0, 0.1) is 22.7 Å². The molecule has 1 spiro atoms. The number of hydrogen-bond acceptors (Lipinski definition) is 4. The molecule has 2 saturated carbocycles. The van der Waals surface area contributed by atoms with Crippen LogP contribution in [0.15, 0.2) is 18.2 Å². The molecule has 5 atom stereocenters. The van der Waals surface area contributed by atoms with Crippen LogP contribution in [0.4, 0.5) is 0 Å². The van der Waals surface area contributed by atoms with Gasteiger partial charge in [-0.25, -0.2) is 0 Å². The Morgan fingerprint density at radius 2 is 1.82 bits per heavy atom. The zero-order valence-corrected chi connectivity index (χ0v) is 23.5. The highest BCUT2D eigenvalue weighted by atomic mass is 28.3. The molecular weight excluding hydrogens is 440 g/mol. The first-order chi connectivity index (χ1) is 15.9. The van der Waals surface area contributed by atoms with Crippen LogP contribution in [0.2, 0.25) is 25.7 Å². The number of ether oxygens (including phenoxy) is 3. The molecule has 3 unspecified atom stereocenters. The zero-order valence-electron chi connectivity index (χ0n) is 22.5. The van der Waals surface area contributed by atoms with Gasteiger partial charge in [-0.05, 0) is 73.2 Å². The van der Waals surface area contributed by atoms with E-state index >= 15 is 0 Å². The molecule has 3 fully saturated rings. The molecule has 4 aliphatic rings. The summed E-state index contributed by atoms with van der Waals surface area (Å²) >= 11 is 0. The van der Waals surface area contributed by atoms with Crippen LogP contribution in [0.25, 0.3) is 0 Å². The van der Waals surface area contributed by atoms with Crippen LogP contribution in [0.5, 0.6) is 5.75 Å². The van der Waals surface area contributed by atoms with Gasteiger partial charge in [0.15, 0.2) is 5.79 Å². The van der Waals surface area contributed by atoms with E-state index in [4.69, 9.17) is 14.2 Å². The lowest BCUT2D eigenvalue weighted by atomic mass is 9.48. The lowest BCUT2D eigenvalue weighted by molar-refractivity contribution is -0.357. The van der Waals surface area contributed by atoms with E-state index in [1.807, 2.05) is 0 Å². The summed E-state index contributed by atoms with van der Waals surface area (Å²) in [6.07, 6.45) is 6.10. The Morgan fingerprint density at radius 3 is 2.44 bits per heavy atom. The van der Waals surface area contributed by atoms with Gasteiger partial charge in [-0.2, -0.15) is 0 Å². The fourth-order valence-corrected chi connectivity index (χ4v) is 10.8. The molecule has 1 saturated heterocycles. The Balaban J connectivity index is 1.62. The van der Waals surface area contributed by atoms with Crippen LogP contribution < -0.4 is 4.74 Å². The van der Waals surface area contributed by atoms with Crippen molar-refractivity contribution in [2.75, 3.05) is 20.3 Å². The first-order valence-electron chi connectivity index (χ1n) is 13.5. The van der Waals surface area contributed by atoms with E-state index in [1.54, 1.807) is 7.11 Å². The summed E-state index contributed by atoms with van der Waals surface area (Å²) < 4.78 is 19.1. The smallest absolute Gasteiger partial charge is 0.174 e. The molecule has 0 amide bonds. The van der Waals surface area contributed by atoms with E-state index in [9.17, 15) is 5.11 Å². The molecule has 4 nitrogen and oxygen atoms in total. The maximum atomic E-state index is 12.8.